The van der Waals surface area contributed by atoms with Crippen molar-refractivity contribution in [3.63, 3.8) is 0 Å². The van der Waals surface area contributed by atoms with Gasteiger partial charge in [0, 0.05) is 37.5 Å². The van der Waals surface area contributed by atoms with E-state index in [0.29, 0.717) is 29.7 Å². The van der Waals surface area contributed by atoms with Crippen molar-refractivity contribution >= 4 is 22.5 Å². The molecule has 0 unspecified atom stereocenters. The molecule has 1 fully saturated rings. The van der Waals surface area contributed by atoms with Crippen LogP contribution in [0.1, 0.15) is 26.2 Å². The number of halogens is 2. The lowest BCUT2D eigenvalue weighted by Gasteiger charge is -2.27. The van der Waals surface area contributed by atoms with E-state index in [2.05, 4.69) is 10.4 Å². The number of nitrogens with one attached hydrogen (secondary N) is 1. The SMILES string of the molecule is CC(=O)N[C@@H]1CCCCN(c2nn(-c3ccc(F)cc3F)c(=O)c3ccccc23)C1. The first-order valence-electron chi connectivity index (χ1n) is 9.93. The molecule has 2 heterocycles. The molecule has 0 radical (unpaired) electrons. The lowest BCUT2D eigenvalue weighted by atomic mass is 10.1. The van der Waals surface area contributed by atoms with Crippen molar-refractivity contribution in [2.45, 2.75) is 32.2 Å². The van der Waals surface area contributed by atoms with E-state index >= 15 is 0 Å². The van der Waals surface area contributed by atoms with Gasteiger partial charge in [0.2, 0.25) is 5.91 Å². The number of rotatable bonds is 3. The maximum absolute atomic E-state index is 14.5. The number of nitrogens with zero attached hydrogens (tertiary/aromatic N) is 3. The van der Waals surface area contributed by atoms with E-state index < -0.39 is 17.2 Å². The largest absolute Gasteiger partial charge is 0.353 e. The molecule has 0 bridgehead atoms. The topological polar surface area (TPSA) is 67.2 Å². The molecule has 1 aliphatic heterocycles. The Morgan fingerprint density at radius 2 is 1.90 bits per heavy atom. The van der Waals surface area contributed by atoms with Crippen LogP contribution in [0.2, 0.25) is 0 Å². The predicted octanol–water partition coefficient (Wildman–Crippen LogP) is 3.16. The fraction of sp³-hybridized carbons (Fsp3) is 0.318. The molecule has 1 aliphatic rings. The number of fused-ring (bicyclic) bond motifs is 1. The second kappa shape index (κ2) is 8.22. The Bertz CT molecular complexity index is 1160. The monoisotopic (exact) mass is 412 g/mol. The number of aromatic nitrogens is 2. The number of hydrogen-bond acceptors (Lipinski definition) is 4. The summed E-state index contributed by atoms with van der Waals surface area (Å²) < 4.78 is 28.8. The van der Waals surface area contributed by atoms with Crippen molar-refractivity contribution in [2.24, 2.45) is 0 Å². The quantitative estimate of drug-likeness (QED) is 0.718. The zero-order valence-electron chi connectivity index (χ0n) is 16.6. The molecular weight excluding hydrogens is 390 g/mol. The predicted molar refractivity (Wildman–Crippen MR) is 111 cm³/mol. The lowest BCUT2D eigenvalue weighted by Crippen LogP contribution is -2.42. The highest BCUT2D eigenvalue weighted by molar-refractivity contribution is 5.91. The van der Waals surface area contributed by atoms with Crippen molar-refractivity contribution in [2.75, 3.05) is 18.0 Å². The van der Waals surface area contributed by atoms with Crippen molar-refractivity contribution < 1.29 is 13.6 Å². The van der Waals surface area contributed by atoms with Crippen LogP contribution in [0.4, 0.5) is 14.6 Å². The van der Waals surface area contributed by atoms with Crippen LogP contribution in [0.15, 0.2) is 47.3 Å². The van der Waals surface area contributed by atoms with Gasteiger partial charge in [0.1, 0.15) is 11.5 Å². The third-order valence-electron chi connectivity index (χ3n) is 5.30. The van der Waals surface area contributed by atoms with E-state index in [1.54, 1.807) is 12.1 Å². The Labute approximate surface area is 172 Å². The highest BCUT2D eigenvalue weighted by Gasteiger charge is 2.23. The minimum absolute atomic E-state index is 0.0477. The Hall–Kier alpha value is -3.29. The van der Waals surface area contributed by atoms with Crippen LogP contribution < -0.4 is 15.8 Å². The minimum atomic E-state index is -0.863. The summed E-state index contributed by atoms with van der Waals surface area (Å²) in [7, 11) is 0. The summed E-state index contributed by atoms with van der Waals surface area (Å²) in [5, 5.41) is 8.51. The highest BCUT2D eigenvalue weighted by Crippen LogP contribution is 2.26. The second-order valence-electron chi connectivity index (χ2n) is 7.52. The molecule has 156 valence electrons. The fourth-order valence-corrected chi connectivity index (χ4v) is 3.96. The Balaban J connectivity index is 1.88. The van der Waals surface area contributed by atoms with Crippen LogP contribution in [-0.4, -0.2) is 34.8 Å². The molecule has 6 nitrogen and oxygen atoms in total. The van der Waals surface area contributed by atoms with E-state index in [-0.39, 0.29) is 17.6 Å². The van der Waals surface area contributed by atoms with Gasteiger partial charge in [0.15, 0.2) is 11.6 Å². The molecule has 1 atom stereocenters. The third kappa shape index (κ3) is 3.90. The number of anilines is 1. The summed E-state index contributed by atoms with van der Waals surface area (Å²) >= 11 is 0. The van der Waals surface area contributed by atoms with E-state index in [0.717, 1.165) is 36.1 Å². The van der Waals surface area contributed by atoms with Gasteiger partial charge < -0.3 is 10.2 Å². The van der Waals surface area contributed by atoms with Gasteiger partial charge in [0.05, 0.1) is 5.39 Å². The number of benzene rings is 2. The molecule has 8 heteroatoms. The van der Waals surface area contributed by atoms with Gasteiger partial charge in [-0.1, -0.05) is 18.2 Å². The lowest BCUT2D eigenvalue weighted by molar-refractivity contribution is -0.119. The van der Waals surface area contributed by atoms with E-state index in [1.807, 2.05) is 17.0 Å². The van der Waals surface area contributed by atoms with Crippen LogP contribution in [-0.2, 0) is 4.79 Å². The molecule has 0 aliphatic carbocycles. The zero-order chi connectivity index (χ0) is 21.3. The summed E-state index contributed by atoms with van der Waals surface area (Å²) in [4.78, 5) is 26.6. The van der Waals surface area contributed by atoms with Crippen LogP contribution in [0.5, 0.6) is 0 Å². The molecular formula is C22H22F2N4O2. The fourth-order valence-electron chi connectivity index (χ4n) is 3.96. The van der Waals surface area contributed by atoms with Gasteiger partial charge >= 0.3 is 0 Å². The van der Waals surface area contributed by atoms with Gasteiger partial charge in [-0.3, -0.25) is 9.59 Å². The Kier molecular flexibility index (Phi) is 5.48. The van der Waals surface area contributed by atoms with Gasteiger partial charge in [-0.05, 0) is 37.5 Å². The Morgan fingerprint density at radius 1 is 1.13 bits per heavy atom. The second-order valence-corrected chi connectivity index (χ2v) is 7.52. The van der Waals surface area contributed by atoms with E-state index in [1.165, 1.54) is 13.0 Å². The number of hydrogen-bond donors (Lipinski definition) is 1. The maximum atomic E-state index is 14.5. The normalized spacial score (nSPS) is 17.0. The summed E-state index contributed by atoms with van der Waals surface area (Å²) in [5.41, 5.74) is -0.588. The minimum Gasteiger partial charge on any atom is -0.353 e. The van der Waals surface area contributed by atoms with E-state index in [4.69, 9.17) is 0 Å². The maximum Gasteiger partial charge on any atom is 0.279 e. The molecule has 0 spiro atoms. The number of carbonyl (C=O) groups is 1. The van der Waals surface area contributed by atoms with Crippen LogP contribution in [0.3, 0.4) is 0 Å². The highest BCUT2D eigenvalue weighted by atomic mass is 19.1. The van der Waals surface area contributed by atoms with Gasteiger partial charge in [-0.2, -0.15) is 4.68 Å². The first-order valence-corrected chi connectivity index (χ1v) is 9.93. The zero-order valence-corrected chi connectivity index (χ0v) is 16.6. The van der Waals surface area contributed by atoms with Crippen molar-refractivity contribution in [1.82, 2.24) is 15.1 Å². The summed E-state index contributed by atoms with van der Waals surface area (Å²) in [6, 6.07) is 10.0. The smallest absolute Gasteiger partial charge is 0.279 e. The van der Waals surface area contributed by atoms with Crippen LogP contribution in [0.25, 0.3) is 16.5 Å². The van der Waals surface area contributed by atoms with E-state index in [9.17, 15) is 18.4 Å². The van der Waals surface area contributed by atoms with Crippen molar-refractivity contribution in [3.05, 3.63) is 64.5 Å². The average Bonchev–Trinajstić information content (AvgIpc) is 2.94. The summed E-state index contributed by atoms with van der Waals surface area (Å²) in [6.07, 6.45) is 2.70. The van der Waals surface area contributed by atoms with Crippen LogP contribution >= 0.6 is 0 Å². The average molecular weight is 412 g/mol. The molecule has 1 N–H and O–H groups in total. The van der Waals surface area contributed by atoms with Crippen molar-refractivity contribution in [1.29, 1.82) is 0 Å². The van der Waals surface area contributed by atoms with Gasteiger partial charge in [-0.15, -0.1) is 5.10 Å². The summed E-state index contributed by atoms with van der Waals surface area (Å²) in [5.74, 6) is -1.15. The van der Waals surface area contributed by atoms with Gasteiger partial charge in [-0.25, -0.2) is 8.78 Å². The summed E-state index contributed by atoms with van der Waals surface area (Å²) in [6.45, 7) is 2.71. The third-order valence-corrected chi connectivity index (χ3v) is 5.30. The molecule has 1 saturated heterocycles. The molecule has 1 amide bonds. The molecule has 1 aromatic heterocycles. The molecule has 0 saturated carbocycles. The standard InChI is InChI=1S/C22H22F2N4O2/c1-14(29)25-16-6-4-5-11-27(13-16)21-17-7-2-3-8-18(17)22(30)28(26-21)20-10-9-15(23)12-19(20)24/h2-3,7-10,12,16H,4-6,11,13H2,1H3,(H,25,29)/t16-/m1/s1. The molecule has 2 aromatic carbocycles. The first-order chi connectivity index (χ1) is 14.4. The Morgan fingerprint density at radius 3 is 2.63 bits per heavy atom. The molecule has 3 aromatic rings. The first kappa shape index (κ1) is 20.0. The molecule has 4 rings (SSSR count). The number of amides is 1. The van der Waals surface area contributed by atoms with Gasteiger partial charge in [0.25, 0.3) is 5.56 Å². The number of carbonyl (C=O) groups excluding carboxylic acids is 1. The van der Waals surface area contributed by atoms with Crippen molar-refractivity contribution in [3.8, 4) is 5.69 Å². The van der Waals surface area contributed by atoms with Crippen LogP contribution in [0, 0.1) is 11.6 Å². The molecule has 30 heavy (non-hydrogen) atoms.